The molecule has 0 bridgehead atoms. The van der Waals surface area contributed by atoms with Crippen molar-refractivity contribution < 1.29 is 9.53 Å². The number of benzene rings is 1. The summed E-state index contributed by atoms with van der Waals surface area (Å²) in [7, 11) is 1.60. The summed E-state index contributed by atoms with van der Waals surface area (Å²) in [5, 5.41) is 5.82. The van der Waals surface area contributed by atoms with Gasteiger partial charge < -0.3 is 10.1 Å². The van der Waals surface area contributed by atoms with E-state index in [1.165, 1.54) is 10.6 Å². The first kappa shape index (κ1) is 18.4. The van der Waals surface area contributed by atoms with Gasteiger partial charge in [0.1, 0.15) is 5.75 Å². The quantitative estimate of drug-likeness (QED) is 0.525. The number of methoxy groups -OCH3 is 1. The molecule has 29 heavy (non-hydrogen) atoms. The van der Waals surface area contributed by atoms with Crippen molar-refractivity contribution in [1.82, 2.24) is 24.9 Å². The predicted octanol–water partition coefficient (Wildman–Crippen LogP) is 1.95. The Bertz CT molecular complexity index is 1200. The second-order valence-electron chi connectivity index (χ2n) is 6.49. The Labute approximate surface area is 166 Å². The fourth-order valence-corrected chi connectivity index (χ4v) is 2.98. The van der Waals surface area contributed by atoms with Gasteiger partial charge in [-0.1, -0.05) is 12.1 Å². The minimum atomic E-state index is -0.246. The van der Waals surface area contributed by atoms with Crippen molar-refractivity contribution in [1.29, 1.82) is 0 Å². The predicted molar refractivity (Wildman–Crippen MR) is 108 cm³/mol. The third kappa shape index (κ3) is 4.16. The third-order valence-corrected chi connectivity index (χ3v) is 4.47. The second kappa shape index (κ2) is 7.97. The normalized spacial score (nSPS) is 10.8. The lowest BCUT2D eigenvalue weighted by Crippen LogP contribution is -2.26. The zero-order valence-corrected chi connectivity index (χ0v) is 15.8. The minimum Gasteiger partial charge on any atom is -0.497 e. The van der Waals surface area contributed by atoms with E-state index in [0.29, 0.717) is 11.3 Å². The first-order chi connectivity index (χ1) is 14.1. The van der Waals surface area contributed by atoms with Crippen molar-refractivity contribution in [3.8, 4) is 17.0 Å². The molecule has 4 aromatic rings. The van der Waals surface area contributed by atoms with Gasteiger partial charge in [0.2, 0.25) is 5.91 Å². The van der Waals surface area contributed by atoms with Crippen LogP contribution in [-0.2, 0) is 17.8 Å². The van der Waals surface area contributed by atoms with Crippen LogP contribution in [0.25, 0.3) is 16.9 Å². The lowest BCUT2D eigenvalue weighted by atomic mass is 10.1. The van der Waals surface area contributed by atoms with E-state index in [1.807, 2.05) is 36.4 Å². The zero-order valence-electron chi connectivity index (χ0n) is 15.8. The molecule has 0 saturated heterocycles. The molecule has 3 heterocycles. The highest BCUT2D eigenvalue weighted by Gasteiger charge is 2.09. The van der Waals surface area contributed by atoms with Gasteiger partial charge in [0.05, 0.1) is 31.5 Å². The molecule has 8 nitrogen and oxygen atoms in total. The Morgan fingerprint density at radius 2 is 2.03 bits per heavy atom. The molecule has 0 aliphatic heterocycles. The molecule has 0 spiro atoms. The Morgan fingerprint density at radius 3 is 2.76 bits per heavy atom. The number of aromatic amines is 1. The summed E-state index contributed by atoms with van der Waals surface area (Å²) in [6.45, 7) is 0.175. The molecule has 146 valence electrons. The molecule has 2 N–H and O–H groups in total. The Kier molecular flexibility index (Phi) is 5.07. The molecule has 3 aromatic heterocycles. The van der Waals surface area contributed by atoms with Crippen LogP contribution in [0.2, 0.25) is 0 Å². The lowest BCUT2D eigenvalue weighted by Gasteiger charge is -2.06. The number of nitrogens with zero attached hydrogens (tertiary/aromatic N) is 3. The molecule has 0 unspecified atom stereocenters. The van der Waals surface area contributed by atoms with E-state index >= 15 is 0 Å². The number of pyridine rings is 1. The molecule has 0 saturated carbocycles. The van der Waals surface area contributed by atoms with Crippen LogP contribution in [0.4, 0.5) is 0 Å². The van der Waals surface area contributed by atoms with Crippen LogP contribution in [0.5, 0.6) is 5.75 Å². The van der Waals surface area contributed by atoms with Crippen molar-refractivity contribution in [2.75, 3.05) is 7.11 Å². The zero-order chi connectivity index (χ0) is 20.2. The number of hydrogen-bond donors (Lipinski definition) is 2. The largest absolute Gasteiger partial charge is 0.497 e. The topological polar surface area (TPSA) is 101 Å². The SMILES string of the molecule is COc1ccc(CC(=O)NCc2cc(=O)n3[nH]c(-c4cccnc4)cc3n2)cc1. The highest BCUT2D eigenvalue weighted by Crippen LogP contribution is 2.17. The fourth-order valence-electron chi connectivity index (χ4n) is 2.98. The number of ether oxygens (including phenoxy) is 1. The lowest BCUT2D eigenvalue weighted by molar-refractivity contribution is -0.120. The Morgan fingerprint density at radius 1 is 1.21 bits per heavy atom. The molecule has 0 radical (unpaired) electrons. The average Bonchev–Trinajstić information content (AvgIpc) is 3.18. The van der Waals surface area contributed by atoms with Crippen LogP contribution in [0.1, 0.15) is 11.3 Å². The van der Waals surface area contributed by atoms with E-state index in [2.05, 4.69) is 20.4 Å². The molecule has 4 rings (SSSR count). The minimum absolute atomic E-state index is 0.151. The number of carbonyl (C=O) groups is 1. The summed E-state index contributed by atoms with van der Waals surface area (Å²) < 4.78 is 6.48. The number of fused-ring (bicyclic) bond motifs is 1. The summed E-state index contributed by atoms with van der Waals surface area (Å²) in [6.07, 6.45) is 3.62. The monoisotopic (exact) mass is 389 g/mol. The van der Waals surface area contributed by atoms with Gasteiger partial charge in [-0.15, -0.1) is 0 Å². The number of aromatic nitrogens is 4. The Balaban J connectivity index is 1.46. The third-order valence-electron chi connectivity index (χ3n) is 4.47. The fraction of sp³-hybridized carbons (Fsp3) is 0.143. The molecule has 0 fully saturated rings. The maximum absolute atomic E-state index is 12.4. The Hall–Kier alpha value is -3.94. The average molecular weight is 389 g/mol. The smallest absolute Gasteiger partial charge is 0.272 e. The van der Waals surface area contributed by atoms with Crippen molar-refractivity contribution >= 4 is 11.6 Å². The van der Waals surface area contributed by atoms with Crippen LogP contribution in [0.15, 0.2) is 65.7 Å². The number of rotatable bonds is 6. The summed E-state index contributed by atoms with van der Waals surface area (Å²) in [6, 6.07) is 14.2. The second-order valence-corrected chi connectivity index (χ2v) is 6.49. The maximum Gasteiger partial charge on any atom is 0.272 e. The van der Waals surface area contributed by atoms with Crippen molar-refractivity contribution in [3.05, 3.63) is 82.5 Å². The molecule has 8 heteroatoms. The van der Waals surface area contributed by atoms with Gasteiger partial charge in [-0.05, 0) is 29.8 Å². The molecule has 0 aliphatic carbocycles. The van der Waals surface area contributed by atoms with Gasteiger partial charge in [-0.25, -0.2) is 9.50 Å². The standard InChI is InChI=1S/C21H19N5O3/c1-29-17-6-4-14(5-7-17)9-20(27)23-13-16-10-21(28)26-19(24-16)11-18(25-26)15-3-2-8-22-12-15/h2-8,10-12,25H,9,13H2,1H3,(H,23,27). The maximum atomic E-state index is 12.4. The van der Waals surface area contributed by atoms with E-state index in [0.717, 1.165) is 22.6 Å². The van der Waals surface area contributed by atoms with Gasteiger partial charge in [0, 0.05) is 30.1 Å². The molecule has 1 amide bonds. The van der Waals surface area contributed by atoms with Gasteiger partial charge in [0.15, 0.2) is 5.65 Å². The van der Waals surface area contributed by atoms with Crippen LogP contribution < -0.4 is 15.6 Å². The molecular weight excluding hydrogens is 370 g/mol. The number of carbonyl (C=O) groups excluding carboxylic acids is 1. The molecular formula is C21H19N5O3. The first-order valence-electron chi connectivity index (χ1n) is 9.04. The summed E-state index contributed by atoms with van der Waals surface area (Å²) in [4.78, 5) is 33.1. The van der Waals surface area contributed by atoms with Crippen LogP contribution >= 0.6 is 0 Å². The molecule has 1 aromatic carbocycles. The van der Waals surface area contributed by atoms with E-state index in [-0.39, 0.29) is 24.4 Å². The van der Waals surface area contributed by atoms with Crippen LogP contribution in [-0.4, -0.2) is 32.6 Å². The highest BCUT2D eigenvalue weighted by molar-refractivity contribution is 5.78. The highest BCUT2D eigenvalue weighted by atomic mass is 16.5. The van der Waals surface area contributed by atoms with Gasteiger partial charge in [-0.2, -0.15) is 0 Å². The van der Waals surface area contributed by atoms with Crippen molar-refractivity contribution in [2.24, 2.45) is 0 Å². The first-order valence-corrected chi connectivity index (χ1v) is 9.04. The number of amides is 1. The summed E-state index contributed by atoms with van der Waals surface area (Å²) >= 11 is 0. The van der Waals surface area contributed by atoms with E-state index in [4.69, 9.17) is 4.74 Å². The number of hydrogen-bond acceptors (Lipinski definition) is 5. The van der Waals surface area contributed by atoms with Crippen molar-refractivity contribution in [2.45, 2.75) is 13.0 Å². The number of H-pyrrole nitrogens is 1. The van der Waals surface area contributed by atoms with E-state index < -0.39 is 0 Å². The van der Waals surface area contributed by atoms with Gasteiger partial charge in [-0.3, -0.25) is 19.7 Å². The summed E-state index contributed by atoms with van der Waals surface area (Å²) in [5.74, 6) is 0.589. The van der Waals surface area contributed by atoms with E-state index in [9.17, 15) is 9.59 Å². The van der Waals surface area contributed by atoms with Crippen molar-refractivity contribution in [3.63, 3.8) is 0 Å². The van der Waals surface area contributed by atoms with Gasteiger partial charge in [0.25, 0.3) is 5.56 Å². The van der Waals surface area contributed by atoms with E-state index in [1.54, 1.807) is 25.6 Å². The van der Waals surface area contributed by atoms with Crippen LogP contribution in [0.3, 0.4) is 0 Å². The van der Waals surface area contributed by atoms with Crippen LogP contribution in [0, 0.1) is 0 Å². The molecule has 0 aliphatic rings. The molecule has 0 atom stereocenters. The summed E-state index contributed by atoms with van der Waals surface area (Å²) in [5.41, 5.74) is 3.20. The number of nitrogens with one attached hydrogen (secondary N) is 2. The van der Waals surface area contributed by atoms with Gasteiger partial charge >= 0.3 is 0 Å².